The van der Waals surface area contributed by atoms with Gasteiger partial charge < -0.3 is 5.73 Å². The van der Waals surface area contributed by atoms with Gasteiger partial charge in [0.05, 0.1) is 0 Å². The van der Waals surface area contributed by atoms with Crippen LogP contribution >= 0.6 is 0 Å². The number of allylic oxidation sites excluding steroid dienone is 1. The lowest BCUT2D eigenvalue weighted by Gasteiger charge is -1.99. The predicted octanol–water partition coefficient (Wildman–Crippen LogP) is 1.25. The Morgan fingerprint density at radius 1 is 1.75 bits per heavy atom. The van der Waals surface area contributed by atoms with Crippen LogP contribution in [0.5, 0.6) is 0 Å². The summed E-state index contributed by atoms with van der Waals surface area (Å²) < 4.78 is 12.1. The zero-order chi connectivity index (χ0) is 6.41. The summed E-state index contributed by atoms with van der Waals surface area (Å²) in [6.07, 6.45) is 2.09. The van der Waals surface area contributed by atoms with Crippen molar-refractivity contribution in [3.63, 3.8) is 0 Å². The quantitative estimate of drug-likeness (QED) is 0.551. The Bertz CT molecular complexity index is 63.5. The van der Waals surface area contributed by atoms with Crippen LogP contribution in [0.15, 0.2) is 12.7 Å². The summed E-state index contributed by atoms with van der Waals surface area (Å²) in [7, 11) is 0. The number of nitrogens with two attached hydrogens (primary N) is 1. The smallest absolute Gasteiger partial charge is 0.113 e. The standard InChI is InChI=1S/C6H12FN/c1-2-3-4-6(7)5-8/h2,6H,1,3-5,8H2/t6-/m1/s1. The van der Waals surface area contributed by atoms with Gasteiger partial charge in [-0.05, 0) is 12.8 Å². The molecule has 0 unspecified atom stereocenters. The fourth-order valence-corrected chi connectivity index (χ4v) is 0.417. The molecule has 0 spiro atoms. The van der Waals surface area contributed by atoms with Crippen molar-refractivity contribution in [2.24, 2.45) is 5.73 Å². The lowest BCUT2D eigenvalue weighted by atomic mass is 10.2. The van der Waals surface area contributed by atoms with Crippen molar-refractivity contribution in [3.05, 3.63) is 12.7 Å². The molecule has 1 nitrogen and oxygen atoms in total. The molecule has 0 amide bonds. The molecule has 0 rings (SSSR count). The molecular weight excluding hydrogens is 105 g/mol. The first-order valence-electron chi connectivity index (χ1n) is 2.76. The number of alkyl halides is 1. The van der Waals surface area contributed by atoms with Crippen LogP contribution in [0.25, 0.3) is 0 Å². The summed E-state index contributed by atoms with van der Waals surface area (Å²) in [5, 5.41) is 0. The van der Waals surface area contributed by atoms with E-state index in [2.05, 4.69) is 6.58 Å². The molecule has 0 saturated carbocycles. The molecule has 2 heteroatoms. The molecule has 0 heterocycles. The average molecular weight is 117 g/mol. The fraction of sp³-hybridized carbons (Fsp3) is 0.667. The lowest BCUT2D eigenvalue weighted by molar-refractivity contribution is 0.324. The molecule has 0 radical (unpaired) electrons. The van der Waals surface area contributed by atoms with Gasteiger partial charge in [-0.1, -0.05) is 6.08 Å². The van der Waals surface area contributed by atoms with Gasteiger partial charge in [0.1, 0.15) is 6.17 Å². The Balaban J connectivity index is 2.97. The van der Waals surface area contributed by atoms with E-state index < -0.39 is 6.17 Å². The SMILES string of the molecule is C=CCC[C@@H](F)CN. The van der Waals surface area contributed by atoms with Crippen LogP contribution in [0.1, 0.15) is 12.8 Å². The Kier molecular flexibility index (Phi) is 4.56. The maximum Gasteiger partial charge on any atom is 0.113 e. The molecule has 2 N–H and O–H groups in total. The highest BCUT2D eigenvalue weighted by molar-refractivity contribution is 4.69. The molecule has 0 fully saturated rings. The van der Waals surface area contributed by atoms with E-state index in [0.29, 0.717) is 6.42 Å². The minimum atomic E-state index is -0.840. The number of hydrogen-bond acceptors (Lipinski definition) is 1. The summed E-state index contributed by atoms with van der Waals surface area (Å²) >= 11 is 0. The van der Waals surface area contributed by atoms with Gasteiger partial charge in [0, 0.05) is 6.54 Å². The monoisotopic (exact) mass is 117 g/mol. The summed E-state index contributed by atoms with van der Waals surface area (Å²) in [5.41, 5.74) is 5.00. The van der Waals surface area contributed by atoms with E-state index in [9.17, 15) is 4.39 Å². The van der Waals surface area contributed by atoms with Crippen LogP contribution < -0.4 is 5.73 Å². The first-order chi connectivity index (χ1) is 3.81. The van der Waals surface area contributed by atoms with E-state index in [4.69, 9.17) is 5.73 Å². The maximum absolute atomic E-state index is 12.1. The second-order valence-electron chi connectivity index (χ2n) is 1.70. The van der Waals surface area contributed by atoms with Crippen molar-refractivity contribution in [1.29, 1.82) is 0 Å². The minimum Gasteiger partial charge on any atom is -0.328 e. The third-order valence-corrected chi connectivity index (χ3v) is 0.940. The number of hydrogen-bond donors (Lipinski definition) is 1. The summed E-state index contributed by atoms with van der Waals surface area (Å²) in [4.78, 5) is 0. The second-order valence-corrected chi connectivity index (χ2v) is 1.70. The third-order valence-electron chi connectivity index (χ3n) is 0.940. The summed E-state index contributed by atoms with van der Waals surface area (Å²) in [5.74, 6) is 0. The van der Waals surface area contributed by atoms with Crippen LogP contribution in [-0.4, -0.2) is 12.7 Å². The van der Waals surface area contributed by atoms with Gasteiger partial charge in [-0.25, -0.2) is 4.39 Å². The highest BCUT2D eigenvalue weighted by atomic mass is 19.1. The summed E-state index contributed by atoms with van der Waals surface area (Å²) in [6, 6.07) is 0. The molecule has 0 aliphatic rings. The van der Waals surface area contributed by atoms with Crippen LogP contribution in [0.4, 0.5) is 4.39 Å². The molecule has 0 aromatic carbocycles. The first-order valence-corrected chi connectivity index (χ1v) is 2.76. The number of halogens is 1. The predicted molar refractivity (Wildman–Crippen MR) is 33.4 cm³/mol. The molecule has 0 saturated heterocycles. The molecule has 8 heavy (non-hydrogen) atoms. The van der Waals surface area contributed by atoms with Crippen molar-refractivity contribution in [2.75, 3.05) is 6.54 Å². The van der Waals surface area contributed by atoms with Crippen LogP contribution in [0.3, 0.4) is 0 Å². The van der Waals surface area contributed by atoms with Gasteiger partial charge in [0.2, 0.25) is 0 Å². The van der Waals surface area contributed by atoms with E-state index in [1.807, 2.05) is 0 Å². The van der Waals surface area contributed by atoms with Gasteiger partial charge in [-0.3, -0.25) is 0 Å². The van der Waals surface area contributed by atoms with Crippen molar-refractivity contribution in [1.82, 2.24) is 0 Å². The van der Waals surface area contributed by atoms with Gasteiger partial charge in [-0.2, -0.15) is 0 Å². The number of rotatable bonds is 4. The fourth-order valence-electron chi connectivity index (χ4n) is 0.417. The molecule has 1 atom stereocenters. The second kappa shape index (κ2) is 4.78. The molecule has 0 aliphatic carbocycles. The maximum atomic E-state index is 12.1. The molecule has 48 valence electrons. The molecule has 0 bridgehead atoms. The zero-order valence-corrected chi connectivity index (χ0v) is 4.94. The molecule has 0 aromatic rings. The minimum absolute atomic E-state index is 0.133. The van der Waals surface area contributed by atoms with E-state index in [1.54, 1.807) is 6.08 Å². The topological polar surface area (TPSA) is 26.0 Å². The zero-order valence-electron chi connectivity index (χ0n) is 4.94. The largest absolute Gasteiger partial charge is 0.328 e. The molecular formula is C6H12FN. The Morgan fingerprint density at radius 3 is 2.75 bits per heavy atom. The van der Waals surface area contributed by atoms with Crippen LogP contribution in [-0.2, 0) is 0 Å². The summed E-state index contributed by atoms with van der Waals surface area (Å²) in [6.45, 7) is 3.59. The van der Waals surface area contributed by atoms with Gasteiger partial charge in [0.15, 0.2) is 0 Å². The lowest BCUT2D eigenvalue weighted by Crippen LogP contribution is -2.14. The Hall–Kier alpha value is -0.370. The van der Waals surface area contributed by atoms with Crippen molar-refractivity contribution in [2.45, 2.75) is 19.0 Å². The molecule has 0 aliphatic heterocycles. The van der Waals surface area contributed by atoms with E-state index in [0.717, 1.165) is 6.42 Å². The molecule has 0 aromatic heterocycles. The average Bonchev–Trinajstić information content (AvgIpc) is 1.83. The van der Waals surface area contributed by atoms with Gasteiger partial charge in [0.25, 0.3) is 0 Å². The van der Waals surface area contributed by atoms with E-state index in [1.165, 1.54) is 0 Å². The van der Waals surface area contributed by atoms with Gasteiger partial charge >= 0.3 is 0 Å². The van der Waals surface area contributed by atoms with Crippen molar-refractivity contribution >= 4 is 0 Å². The van der Waals surface area contributed by atoms with E-state index >= 15 is 0 Å². The van der Waals surface area contributed by atoms with Crippen molar-refractivity contribution in [3.8, 4) is 0 Å². The van der Waals surface area contributed by atoms with Gasteiger partial charge in [-0.15, -0.1) is 6.58 Å². The Labute approximate surface area is 49.4 Å². The highest BCUT2D eigenvalue weighted by Gasteiger charge is 1.98. The van der Waals surface area contributed by atoms with Crippen LogP contribution in [0.2, 0.25) is 0 Å². The van der Waals surface area contributed by atoms with E-state index in [-0.39, 0.29) is 6.54 Å². The normalized spacial score (nSPS) is 13.2. The third kappa shape index (κ3) is 3.81. The first kappa shape index (κ1) is 7.63. The van der Waals surface area contributed by atoms with Crippen molar-refractivity contribution < 1.29 is 4.39 Å². The Morgan fingerprint density at radius 2 is 2.38 bits per heavy atom. The highest BCUT2D eigenvalue weighted by Crippen LogP contribution is 1.98. The van der Waals surface area contributed by atoms with Crippen LogP contribution in [0, 0.1) is 0 Å².